The van der Waals surface area contributed by atoms with Crippen molar-refractivity contribution in [1.82, 2.24) is 20.2 Å². The number of likely N-dealkylation sites (tertiary alicyclic amines) is 1. The van der Waals surface area contributed by atoms with Crippen LogP contribution in [0.4, 0.5) is 5.82 Å². The second-order valence-corrected chi connectivity index (χ2v) is 8.29. The molecule has 2 saturated heterocycles. The molecule has 0 saturated carbocycles. The van der Waals surface area contributed by atoms with Crippen molar-refractivity contribution in [1.29, 1.82) is 0 Å². The van der Waals surface area contributed by atoms with Gasteiger partial charge in [-0.05, 0) is 38.1 Å². The van der Waals surface area contributed by atoms with Gasteiger partial charge in [-0.1, -0.05) is 13.8 Å². The minimum atomic E-state index is 0.109. The van der Waals surface area contributed by atoms with Crippen LogP contribution < -0.4 is 10.2 Å². The van der Waals surface area contributed by atoms with Crippen molar-refractivity contribution < 1.29 is 9.53 Å². The number of aromatic nitrogens is 2. The number of nitrogens with zero attached hydrogens (tertiary/aromatic N) is 4. The van der Waals surface area contributed by atoms with Gasteiger partial charge in [0.05, 0.1) is 12.5 Å². The normalized spacial score (nSPS) is 21.9. The van der Waals surface area contributed by atoms with Crippen molar-refractivity contribution in [3.05, 3.63) is 18.1 Å². The van der Waals surface area contributed by atoms with Crippen LogP contribution in [0.1, 0.15) is 51.0 Å². The highest BCUT2D eigenvalue weighted by atomic mass is 16.5. The second kappa shape index (κ2) is 10.2. The number of hydrogen-bond acceptors (Lipinski definition) is 6. The summed E-state index contributed by atoms with van der Waals surface area (Å²) in [6.07, 6.45) is 7.96. The predicted molar refractivity (Wildman–Crippen MR) is 111 cm³/mol. The first-order chi connectivity index (χ1) is 13.6. The first-order valence-corrected chi connectivity index (χ1v) is 10.7. The van der Waals surface area contributed by atoms with Crippen LogP contribution in [-0.2, 0) is 9.53 Å². The van der Waals surface area contributed by atoms with E-state index in [1.54, 1.807) is 13.4 Å². The van der Waals surface area contributed by atoms with Crippen molar-refractivity contribution in [2.24, 2.45) is 5.92 Å². The van der Waals surface area contributed by atoms with E-state index in [1.165, 1.54) is 5.56 Å². The summed E-state index contributed by atoms with van der Waals surface area (Å²) in [5.41, 5.74) is 1.23. The monoisotopic (exact) mass is 389 g/mol. The van der Waals surface area contributed by atoms with Gasteiger partial charge in [-0.3, -0.25) is 9.69 Å². The molecule has 1 amide bonds. The minimum absolute atomic E-state index is 0.109. The molecule has 1 aromatic heterocycles. The average Bonchev–Trinajstić information content (AvgIpc) is 2.74. The molecule has 7 nitrogen and oxygen atoms in total. The van der Waals surface area contributed by atoms with E-state index in [2.05, 4.69) is 38.9 Å². The summed E-state index contributed by atoms with van der Waals surface area (Å²) in [5, 5.41) is 3.01. The number of methoxy groups -OCH3 is 1. The van der Waals surface area contributed by atoms with E-state index in [0.717, 1.165) is 57.7 Å². The zero-order valence-electron chi connectivity index (χ0n) is 17.6. The van der Waals surface area contributed by atoms with Crippen molar-refractivity contribution in [3.8, 4) is 0 Å². The van der Waals surface area contributed by atoms with Gasteiger partial charge in [-0.2, -0.15) is 0 Å². The Morgan fingerprint density at radius 2 is 2.07 bits per heavy atom. The van der Waals surface area contributed by atoms with Gasteiger partial charge in [0.1, 0.15) is 12.1 Å². The average molecular weight is 390 g/mol. The number of hydrogen-bond donors (Lipinski definition) is 1. The number of ether oxygens (including phenoxy) is 1. The molecule has 156 valence electrons. The lowest BCUT2D eigenvalue weighted by molar-refractivity contribution is -0.127. The molecule has 1 aromatic rings. The molecule has 0 aromatic carbocycles. The molecule has 1 unspecified atom stereocenters. The van der Waals surface area contributed by atoms with E-state index >= 15 is 0 Å². The Labute approximate surface area is 168 Å². The maximum Gasteiger partial charge on any atom is 0.224 e. The largest absolute Gasteiger partial charge is 0.383 e. The molecule has 2 aliphatic heterocycles. The van der Waals surface area contributed by atoms with Crippen LogP contribution >= 0.6 is 0 Å². The Balaban J connectivity index is 1.53. The highest BCUT2D eigenvalue weighted by Gasteiger charge is 2.32. The van der Waals surface area contributed by atoms with Crippen LogP contribution in [0.5, 0.6) is 0 Å². The van der Waals surface area contributed by atoms with Crippen LogP contribution in [0, 0.1) is 5.92 Å². The van der Waals surface area contributed by atoms with Crippen LogP contribution in [0.15, 0.2) is 12.5 Å². The van der Waals surface area contributed by atoms with Crippen LogP contribution in [-0.4, -0.2) is 73.3 Å². The highest BCUT2D eigenvalue weighted by molar-refractivity contribution is 5.78. The second-order valence-electron chi connectivity index (χ2n) is 8.29. The molecule has 7 heteroatoms. The summed E-state index contributed by atoms with van der Waals surface area (Å²) in [5.74, 6) is 1.81. The fraction of sp³-hybridized carbons (Fsp3) is 0.762. The molecule has 0 spiro atoms. The molecule has 0 radical (unpaired) electrons. The third-order valence-electron chi connectivity index (χ3n) is 6.05. The summed E-state index contributed by atoms with van der Waals surface area (Å²) in [7, 11) is 1.66. The third-order valence-corrected chi connectivity index (χ3v) is 6.05. The number of nitrogens with one attached hydrogen (secondary N) is 1. The van der Waals surface area contributed by atoms with E-state index in [1.807, 2.05) is 6.20 Å². The summed E-state index contributed by atoms with van der Waals surface area (Å²) in [4.78, 5) is 26.2. The molecular formula is C21H35N5O2. The smallest absolute Gasteiger partial charge is 0.224 e. The van der Waals surface area contributed by atoms with Crippen molar-refractivity contribution in [2.75, 3.05) is 51.3 Å². The quantitative estimate of drug-likeness (QED) is 0.720. The van der Waals surface area contributed by atoms with E-state index in [-0.39, 0.29) is 11.8 Å². The van der Waals surface area contributed by atoms with Gasteiger partial charge >= 0.3 is 0 Å². The first kappa shape index (κ1) is 21.0. The summed E-state index contributed by atoms with van der Waals surface area (Å²) in [6.45, 7) is 9.58. The number of amides is 1. The van der Waals surface area contributed by atoms with E-state index in [4.69, 9.17) is 4.74 Å². The lowest BCUT2D eigenvalue weighted by Gasteiger charge is -2.42. The summed E-state index contributed by atoms with van der Waals surface area (Å²) < 4.78 is 5.03. The topological polar surface area (TPSA) is 70.6 Å². The number of rotatable bonds is 7. The standard InChI is InChI=1S/C21H35N5O2/c1-16(2)19-13-22-15-24-20(19)25-10-6-18(7-11-25)26-9-4-5-17(14-26)21(27)23-8-12-28-3/h13,15-18H,4-12,14H2,1-3H3,(H,23,27). The van der Waals surface area contributed by atoms with Gasteiger partial charge in [0.15, 0.2) is 0 Å². The molecule has 0 bridgehead atoms. The lowest BCUT2D eigenvalue weighted by atomic mass is 9.93. The number of carbonyl (C=O) groups excluding carboxylic acids is 1. The molecular weight excluding hydrogens is 354 g/mol. The zero-order valence-corrected chi connectivity index (χ0v) is 17.6. The van der Waals surface area contributed by atoms with Crippen molar-refractivity contribution >= 4 is 11.7 Å². The Hall–Kier alpha value is -1.73. The first-order valence-electron chi connectivity index (χ1n) is 10.7. The Morgan fingerprint density at radius 1 is 1.29 bits per heavy atom. The molecule has 0 aliphatic carbocycles. The minimum Gasteiger partial charge on any atom is -0.383 e. The van der Waals surface area contributed by atoms with Gasteiger partial charge in [-0.15, -0.1) is 0 Å². The fourth-order valence-electron chi connectivity index (χ4n) is 4.42. The summed E-state index contributed by atoms with van der Waals surface area (Å²) >= 11 is 0. The zero-order chi connectivity index (χ0) is 19.9. The molecule has 28 heavy (non-hydrogen) atoms. The highest BCUT2D eigenvalue weighted by Crippen LogP contribution is 2.29. The maximum absolute atomic E-state index is 12.4. The van der Waals surface area contributed by atoms with Gasteiger partial charge in [0.2, 0.25) is 5.91 Å². The van der Waals surface area contributed by atoms with Gasteiger partial charge in [0, 0.05) is 51.1 Å². The van der Waals surface area contributed by atoms with Crippen LogP contribution in [0.3, 0.4) is 0 Å². The SMILES string of the molecule is COCCNC(=O)C1CCCN(C2CCN(c3ncncc3C(C)C)CC2)C1. The molecule has 3 heterocycles. The summed E-state index contributed by atoms with van der Waals surface area (Å²) in [6, 6.07) is 0.565. The van der Waals surface area contributed by atoms with Crippen LogP contribution in [0.25, 0.3) is 0 Å². The van der Waals surface area contributed by atoms with Crippen molar-refractivity contribution in [3.63, 3.8) is 0 Å². The number of piperidine rings is 2. The fourth-order valence-corrected chi connectivity index (χ4v) is 4.42. The number of carbonyl (C=O) groups is 1. The van der Waals surface area contributed by atoms with E-state index in [9.17, 15) is 4.79 Å². The lowest BCUT2D eigenvalue weighted by Crippen LogP contribution is -2.51. The molecule has 2 aliphatic rings. The Bertz CT molecular complexity index is 631. The molecule has 2 fully saturated rings. The molecule has 1 N–H and O–H groups in total. The Morgan fingerprint density at radius 3 is 2.79 bits per heavy atom. The van der Waals surface area contributed by atoms with E-state index in [0.29, 0.717) is 25.1 Å². The van der Waals surface area contributed by atoms with Crippen LogP contribution in [0.2, 0.25) is 0 Å². The number of anilines is 1. The third kappa shape index (κ3) is 5.20. The maximum atomic E-state index is 12.4. The Kier molecular flexibility index (Phi) is 7.62. The van der Waals surface area contributed by atoms with E-state index < -0.39 is 0 Å². The van der Waals surface area contributed by atoms with Gasteiger partial charge in [-0.25, -0.2) is 9.97 Å². The van der Waals surface area contributed by atoms with Gasteiger partial charge in [0.25, 0.3) is 0 Å². The van der Waals surface area contributed by atoms with Crippen molar-refractivity contribution in [2.45, 2.75) is 51.5 Å². The predicted octanol–water partition coefficient (Wildman–Crippen LogP) is 2.04. The molecule has 1 atom stereocenters. The molecule has 3 rings (SSSR count). The van der Waals surface area contributed by atoms with Gasteiger partial charge < -0.3 is 15.0 Å².